The molecule has 2 aromatic carbocycles. The van der Waals surface area contributed by atoms with Crippen molar-refractivity contribution in [3.63, 3.8) is 0 Å². The third-order valence-corrected chi connectivity index (χ3v) is 6.52. The van der Waals surface area contributed by atoms with E-state index in [1.807, 2.05) is 70.2 Å². The number of nitrogens with zero attached hydrogens (tertiary/aromatic N) is 3. The monoisotopic (exact) mass is 537 g/mol. The number of fused-ring (bicyclic) bond motifs is 1. The Morgan fingerprint density at radius 2 is 1.86 bits per heavy atom. The number of benzene rings is 2. The molecule has 4 nitrogen and oxygen atoms in total. The molecule has 198 valence electrons. The van der Waals surface area contributed by atoms with Crippen molar-refractivity contribution < 1.29 is 0 Å². The van der Waals surface area contributed by atoms with Crippen LogP contribution in [0.1, 0.15) is 59.2 Å². The molecule has 0 radical (unpaired) electrons. The zero-order chi connectivity index (χ0) is 27.4. The van der Waals surface area contributed by atoms with Gasteiger partial charge in [0.15, 0.2) is 0 Å². The molecule has 37 heavy (non-hydrogen) atoms. The van der Waals surface area contributed by atoms with E-state index in [-0.39, 0.29) is 10.9 Å². The molecule has 0 saturated heterocycles. The smallest absolute Gasteiger partial charge is 0.271 e. The van der Waals surface area contributed by atoms with Crippen LogP contribution >= 0.6 is 24.2 Å². The second-order valence-corrected chi connectivity index (χ2v) is 10.1. The molecular formula is C31H40ClN3OS. The molecule has 1 heterocycles. The first kappa shape index (κ1) is 30.6. The van der Waals surface area contributed by atoms with Crippen molar-refractivity contribution >= 4 is 41.1 Å². The zero-order valence-electron chi connectivity index (χ0n) is 22.9. The molecule has 0 amide bonds. The van der Waals surface area contributed by atoms with Crippen molar-refractivity contribution in [2.45, 2.75) is 64.8 Å². The van der Waals surface area contributed by atoms with Crippen LogP contribution in [0.3, 0.4) is 0 Å². The number of thiol groups is 1. The van der Waals surface area contributed by atoms with E-state index >= 15 is 0 Å². The van der Waals surface area contributed by atoms with Gasteiger partial charge in [-0.15, -0.1) is 24.2 Å². The summed E-state index contributed by atoms with van der Waals surface area (Å²) in [6.07, 6.45) is 12.4. The molecular weight excluding hydrogens is 498 g/mol. The molecule has 0 saturated carbocycles. The molecule has 1 unspecified atom stereocenters. The van der Waals surface area contributed by atoms with Crippen LogP contribution in [0.5, 0.6) is 0 Å². The molecule has 3 rings (SSSR count). The van der Waals surface area contributed by atoms with Crippen LogP contribution in [-0.4, -0.2) is 32.9 Å². The molecule has 0 spiro atoms. The average molecular weight is 538 g/mol. The molecule has 0 N–H and O–H groups in total. The highest BCUT2D eigenvalue weighted by molar-refractivity contribution is 7.80. The number of halogens is 1. The fourth-order valence-electron chi connectivity index (χ4n) is 3.79. The molecule has 1 aromatic heterocycles. The minimum atomic E-state index is -0.176. The van der Waals surface area contributed by atoms with Crippen LogP contribution in [0.25, 0.3) is 22.5 Å². The van der Waals surface area contributed by atoms with Crippen LogP contribution < -0.4 is 5.56 Å². The van der Waals surface area contributed by atoms with E-state index < -0.39 is 0 Å². The van der Waals surface area contributed by atoms with E-state index in [9.17, 15) is 4.79 Å². The van der Waals surface area contributed by atoms with Crippen molar-refractivity contribution in [2.75, 3.05) is 13.1 Å². The maximum atomic E-state index is 12.9. The van der Waals surface area contributed by atoms with Gasteiger partial charge in [0.25, 0.3) is 5.56 Å². The lowest BCUT2D eigenvalue weighted by Gasteiger charge is -2.19. The summed E-state index contributed by atoms with van der Waals surface area (Å²) in [5.74, 6) is 0. The minimum absolute atomic E-state index is 0.176. The fourth-order valence-corrected chi connectivity index (χ4v) is 4.17. The van der Waals surface area contributed by atoms with Crippen molar-refractivity contribution in [3.05, 3.63) is 94.2 Å². The predicted molar refractivity (Wildman–Crippen MR) is 164 cm³/mol. The van der Waals surface area contributed by atoms with E-state index in [1.54, 1.807) is 10.9 Å². The van der Waals surface area contributed by atoms with Gasteiger partial charge in [-0.2, -0.15) is 0 Å². The minimum Gasteiger partial charge on any atom is -0.299 e. The number of allylic oxidation sites excluding steroid dienone is 5. The van der Waals surface area contributed by atoms with Gasteiger partial charge in [-0.25, -0.2) is 4.98 Å². The van der Waals surface area contributed by atoms with E-state index in [0.717, 1.165) is 42.7 Å². The summed E-state index contributed by atoms with van der Waals surface area (Å²) in [5, 5.41) is 2.46. The van der Waals surface area contributed by atoms with Gasteiger partial charge in [-0.05, 0) is 87.8 Å². The first-order chi connectivity index (χ1) is 17.7. The van der Waals surface area contributed by atoms with Gasteiger partial charge in [0, 0.05) is 11.9 Å². The highest BCUT2D eigenvalue weighted by atomic mass is 35.5. The van der Waals surface area contributed by atoms with Crippen LogP contribution in [-0.2, 0) is 6.54 Å². The van der Waals surface area contributed by atoms with Gasteiger partial charge in [0.05, 0.1) is 16.3 Å². The molecule has 0 fully saturated rings. The number of hydrogen-bond acceptors (Lipinski definition) is 4. The molecule has 0 aliphatic rings. The Hall–Kier alpha value is -2.60. The Kier molecular flexibility index (Phi) is 12.9. The fraction of sp³-hybridized carbons (Fsp3) is 0.355. The second-order valence-electron chi connectivity index (χ2n) is 8.96. The maximum absolute atomic E-state index is 12.9. The quantitative estimate of drug-likeness (QED) is 0.130. The highest BCUT2D eigenvalue weighted by Gasteiger charge is 2.09. The number of hydrogen-bond donors (Lipinski definition) is 1. The van der Waals surface area contributed by atoms with E-state index in [2.05, 4.69) is 60.6 Å². The summed E-state index contributed by atoms with van der Waals surface area (Å²) >= 11 is 9.93. The Morgan fingerprint density at radius 1 is 1.16 bits per heavy atom. The Balaban J connectivity index is 0.000000717. The number of rotatable bonds is 9. The summed E-state index contributed by atoms with van der Waals surface area (Å²) in [6.45, 7) is 15.4. The van der Waals surface area contributed by atoms with Crippen molar-refractivity contribution in [2.24, 2.45) is 0 Å². The summed E-state index contributed by atoms with van der Waals surface area (Å²) in [6, 6.07) is 12.6. The molecule has 3 aromatic rings. The lowest BCUT2D eigenvalue weighted by molar-refractivity contribution is 0.281. The Bertz CT molecular complexity index is 1310. The summed E-state index contributed by atoms with van der Waals surface area (Å²) in [5.41, 5.74) is 3.59. The van der Waals surface area contributed by atoms with Crippen molar-refractivity contribution in [1.29, 1.82) is 0 Å². The zero-order valence-corrected chi connectivity index (χ0v) is 24.6. The SMILES string of the molecule is C/C=C(C)/C=C/c1ncn(-c2ccc3cc(CN(CC)CCC)ccc3c2)c(=O)c1S.C/C=C\C(C)Cl. The van der Waals surface area contributed by atoms with Crippen molar-refractivity contribution in [3.8, 4) is 5.69 Å². The van der Waals surface area contributed by atoms with Crippen LogP contribution in [0, 0.1) is 0 Å². The van der Waals surface area contributed by atoms with Crippen LogP contribution in [0.15, 0.2) is 82.3 Å². The third-order valence-electron chi connectivity index (χ3n) is 5.95. The van der Waals surface area contributed by atoms with Gasteiger partial charge in [0.2, 0.25) is 0 Å². The second kappa shape index (κ2) is 15.6. The molecule has 0 aliphatic carbocycles. The van der Waals surface area contributed by atoms with Gasteiger partial charge in [-0.3, -0.25) is 14.3 Å². The number of alkyl halides is 1. The van der Waals surface area contributed by atoms with Gasteiger partial charge in [-0.1, -0.05) is 61.9 Å². The lowest BCUT2D eigenvalue weighted by Crippen LogP contribution is -2.23. The predicted octanol–water partition coefficient (Wildman–Crippen LogP) is 8.08. The highest BCUT2D eigenvalue weighted by Crippen LogP contribution is 2.21. The van der Waals surface area contributed by atoms with Crippen molar-refractivity contribution in [1.82, 2.24) is 14.5 Å². The Morgan fingerprint density at radius 3 is 2.46 bits per heavy atom. The third kappa shape index (κ3) is 9.33. The average Bonchev–Trinajstić information content (AvgIpc) is 2.89. The first-order valence-corrected chi connectivity index (χ1v) is 13.8. The first-order valence-electron chi connectivity index (χ1n) is 12.9. The largest absolute Gasteiger partial charge is 0.299 e. The summed E-state index contributed by atoms with van der Waals surface area (Å²) in [7, 11) is 0. The van der Waals surface area contributed by atoms with Gasteiger partial charge < -0.3 is 0 Å². The molecule has 0 bridgehead atoms. The topological polar surface area (TPSA) is 38.1 Å². The molecule has 1 atom stereocenters. The standard InChI is InChI=1S/C26H31N3OS.C5H9Cl/c1-5-14-28(7-3)17-20-9-10-22-16-23(12-11-21(22)15-20)29-18-27-24(25(31)26(29)30)13-8-19(4)6-2;1-3-4-5(2)6/h6,8-13,15-16,18,31H,5,7,14,17H2,1-4H3;3-5H,1-2H3/b13-8+,19-6+;4-3-. The van der Waals surface area contributed by atoms with Crippen LogP contribution in [0.2, 0.25) is 0 Å². The van der Waals surface area contributed by atoms with Gasteiger partial charge >= 0.3 is 0 Å². The normalized spacial score (nSPS) is 12.9. The van der Waals surface area contributed by atoms with E-state index in [1.165, 1.54) is 10.9 Å². The van der Waals surface area contributed by atoms with E-state index in [4.69, 9.17) is 11.6 Å². The summed E-state index contributed by atoms with van der Waals surface area (Å²) in [4.78, 5) is 20.1. The molecule has 6 heteroatoms. The lowest BCUT2D eigenvalue weighted by atomic mass is 10.1. The summed E-state index contributed by atoms with van der Waals surface area (Å²) < 4.78 is 1.55. The Labute approximate surface area is 232 Å². The number of aromatic nitrogens is 2. The maximum Gasteiger partial charge on any atom is 0.271 e. The van der Waals surface area contributed by atoms with Crippen LogP contribution in [0.4, 0.5) is 0 Å². The van der Waals surface area contributed by atoms with Gasteiger partial charge in [0.1, 0.15) is 6.33 Å². The molecule has 0 aliphatic heterocycles. The van der Waals surface area contributed by atoms with E-state index in [0.29, 0.717) is 10.6 Å².